The van der Waals surface area contributed by atoms with E-state index in [0.717, 1.165) is 12.2 Å². The second-order valence-corrected chi connectivity index (χ2v) is 4.02. The maximum absolute atomic E-state index is 11.0. The van der Waals surface area contributed by atoms with E-state index in [0.29, 0.717) is 6.42 Å². The highest BCUT2D eigenvalue weighted by Gasteiger charge is 2.24. The number of amides is 1. The predicted octanol–water partition coefficient (Wildman–Crippen LogP) is 2.03. The summed E-state index contributed by atoms with van der Waals surface area (Å²) in [6.45, 7) is 0.874. The number of carbonyl (C=O) groups excluding carboxylic acids is 1. The van der Waals surface area contributed by atoms with Crippen LogP contribution in [0.1, 0.15) is 6.42 Å². The third-order valence-electron chi connectivity index (χ3n) is 1.99. The summed E-state index contributed by atoms with van der Waals surface area (Å²) in [5, 5.41) is 0. The van der Waals surface area contributed by atoms with Gasteiger partial charge in [0, 0.05) is 22.2 Å². The quantitative estimate of drug-likeness (QED) is 0.566. The second-order valence-electron chi connectivity index (χ2n) is 2.77. The fraction of sp³-hybridized carbons (Fsp3) is 0.222. The molecule has 1 aliphatic rings. The largest absolute Gasteiger partial charge is 0.312 e. The van der Waals surface area contributed by atoms with Crippen LogP contribution in [-0.4, -0.2) is 12.5 Å². The van der Waals surface area contributed by atoms with Crippen molar-refractivity contribution in [1.82, 2.24) is 0 Å². The van der Waals surface area contributed by atoms with Crippen molar-refractivity contribution in [3.8, 4) is 0 Å². The summed E-state index contributed by atoms with van der Waals surface area (Å²) in [6.07, 6.45) is 0.700. The van der Waals surface area contributed by atoms with Crippen LogP contribution >= 0.6 is 22.6 Å². The number of β-lactam (4-membered cyclic amide) rings is 1. The van der Waals surface area contributed by atoms with Crippen molar-refractivity contribution in [2.45, 2.75) is 6.42 Å². The molecule has 0 bridgehead atoms. The normalized spacial score (nSPS) is 16.1. The minimum absolute atomic E-state index is 0.233. The van der Waals surface area contributed by atoms with Gasteiger partial charge in [-0.1, -0.05) is 0 Å². The Morgan fingerprint density at radius 1 is 1.25 bits per heavy atom. The van der Waals surface area contributed by atoms with E-state index < -0.39 is 0 Å². The summed E-state index contributed by atoms with van der Waals surface area (Å²) in [7, 11) is 0. The Hall–Kier alpha value is -0.580. The average Bonchev–Trinajstić information content (AvgIpc) is 2.06. The summed E-state index contributed by atoms with van der Waals surface area (Å²) in [6, 6.07) is 8.00. The van der Waals surface area contributed by atoms with Crippen LogP contribution in [0.15, 0.2) is 24.3 Å². The Balaban J connectivity index is 2.23. The summed E-state index contributed by atoms with van der Waals surface area (Å²) < 4.78 is 1.20. The zero-order valence-electron chi connectivity index (χ0n) is 6.46. The summed E-state index contributed by atoms with van der Waals surface area (Å²) in [4.78, 5) is 12.8. The first-order chi connectivity index (χ1) is 5.77. The first kappa shape index (κ1) is 8.04. The lowest BCUT2D eigenvalue weighted by atomic mass is 10.1. The van der Waals surface area contributed by atoms with Gasteiger partial charge in [-0.05, 0) is 46.9 Å². The molecule has 62 valence electrons. The molecule has 1 fully saturated rings. The maximum Gasteiger partial charge on any atom is 0.228 e. The van der Waals surface area contributed by atoms with Crippen LogP contribution in [-0.2, 0) is 4.79 Å². The highest BCUT2D eigenvalue weighted by Crippen LogP contribution is 2.22. The molecule has 0 unspecified atom stereocenters. The number of halogens is 1. The van der Waals surface area contributed by atoms with Gasteiger partial charge in [-0.15, -0.1) is 0 Å². The smallest absolute Gasteiger partial charge is 0.228 e. The van der Waals surface area contributed by atoms with Crippen molar-refractivity contribution in [3.05, 3.63) is 27.8 Å². The van der Waals surface area contributed by atoms with Gasteiger partial charge in [-0.25, -0.2) is 0 Å². The fourth-order valence-corrected chi connectivity index (χ4v) is 1.57. The van der Waals surface area contributed by atoms with Crippen LogP contribution in [0, 0.1) is 3.57 Å². The van der Waals surface area contributed by atoms with Gasteiger partial charge >= 0.3 is 0 Å². The highest BCUT2D eigenvalue weighted by atomic mass is 127. The van der Waals surface area contributed by atoms with Gasteiger partial charge in [0.15, 0.2) is 0 Å². The van der Waals surface area contributed by atoms with Crippen molar-refractivity contribution in [2.75, 3.05) is 11.4 Å². The second kappa shape index (κ2) is 3.05. The molecule has 1 amide bonds. The van der Waals surface area contributed by atoms with Crippen molar-refractivity contribution in [1.29, 1.82) is 0 Å². The maximum atomic E-state index is 11.0. The molecule has 0 aliphatic carbocycles. The van der Waals surface area contributed by atoms with E-state index in [1.54, 1.807) is 4.90 Å². The van der Waals surface area contributed by atoms with E-state index >= 15 is 0 Å². The van der Waals surface area contributed by atoms with Crippen molar-refractivity contribution < 1.29 is 4.79 Å². The first-order valence-electron chi connectivity index (χ1n) is 3.83. The zero-order valence-corrected chi connectivity index (χ0v) is 8.61. The Labute approximate surface area is 84.7 Å². The number of benzene rings is 1. The standard InChI is InChI=1S/C9H8INO/c10-7-1-3-8(4-2-7)11-6-5-9(11)12/h1-4H,5-6H2. The molecule has 2 rings (SSSR count). The number of rotatable bonds is 1. The van der Waals surface area contributed by atoms with E-state index in [1.807, 2.05) is 24.3 Å². The van der Waals surface area contributed by atoms with Crippen molar-refractivity contribution in [2.24, 2.45) is 0 Å². The van der Waals surface area contributed by atoms with Crippen molar-refractivity contribution in [3.63, 3.8) is 0 Å². The Morgan fingerprint density at radius 2 is 1.92 bits per heavy atom. The Kier molecular flexibility index (Phi) is 2.04. The van der Waals surface area contributed by atoms with Crippen molar-refractivity contribution >= 4 is 34.2 Å². The molecule has 3 heteroatoms. The lowest BCUT2D eigenvalue weighted by Crippen LogP contribution is -2.43. The average molecular weight is 273 g/mol. The minimum atomic E-state index is 0.233. The van der Waals surface area contributed by atoms with E-state index in [2.05, 4.69) is 22.6 Å². The van der Waals surface area contributed by atoms with Crippen LogP contribution < -0.4 is 4.90 Å². The molecule has 1 aliphatic heterocycles. The fourth-order valence-electron chi connectivity index (χ4n) is 1.21. The van der Waals surface area contributed by atoms with E-state index in [-0.39, 0.29) is 5.91 Å². The lowest BCUT2D eigenvalue weighted by molar-refractivity contribution is -0.122. The Bertz CT molecular complexity index is 307. The summed E-state index contributed by atoms with van der Waals surface area (Å²) in [5.41, 5.74) is 1.02. The van der Waals surface area contributed by atoms with Gasteiger partial charge in [-0.3, -0.25) is 4.79 Å². The Morgan fingerprint density at radius 3 is 2.33 bits per heavy atom. The first-order valence-corrected chi connectivity index (χ1v) is 4.91. The molecule has 0 aromatic heterocycles. The third kappa shape index (κ3) is 1.33. The monoisotopic (exact) mass is 273 g/mol. The van der Waals surface area contributed by atoms with Crippen LogP contribution in [0.25, 0.3) is 0 Å². The van der Waals surface area contributed by atoms with Gasteiger partial charge in [0.2, 0.25) is 5.91 Å². The predicted molar refractivity (Wildman–Crippen MR) is 56.1 cm³/mol. The molecule has 0 radical (unpaired) electrons. The molecule has 0 N–H and O–H groups in total. The van der Waals surface area contributed by atoms with Crippen LogP contribution in [0.5, 0.6) is 0 Å². The van der Waals surface area contributed by atoms with Gasteiger partial charge < -0.3 is 4.90 Å². The lowest BCUT2D eigenvalue weighted by Gasteiger charge is -2.30. The van der Waals surface area contributed by atoms with Crippen LogP contribution in [0.3, 0.4) is 0 Å². The van der Waals surface area contributed by atoms with Gasteiger partial charge in [0.25, 0.3) is 0 Å². The molecule has 1 saturated heterocycles. The molecule has 1 heterocycles. The number of hydrogen-bond acceptors (Lipinski definition) is 1. The van der Waals surface area contributed by atoms with Crippen LogP contribution in [0.2, 0.25) is 0 Å². The van der Waals surface area contributed by atoms with E-state index in [1.165, 1.54) is 3.57 Å². The molecule has 1 aromatic rings. The highest BCUT2D eigenvalue weighted by molar-refractivity contribution is 14.1. The topological polar surface area (TPSA) is 20.3 Å². The molecular weight excluding hydrogens is 265 g/mol. The molecular formula is C9H8INO. The number of hydrogen-bond donors (Lipinski definition) is 0. The van der Waals surface area contributed by atoms with Gasteiger partial charge in [-0.2, -0.15) is 0 Å². The molecule has 0 atom stereocenters. The van der Waals surface area contributed by atoms with Gasteiger partial charge in [0.05, 0.1) is 0 Å². The molecule has 2 nitrogen and oxygen atoms in total. The van der Waals surface area contributed by atoms with Gasteiger partial charge in [0.1, 0.15) is 0 Å². The molecule has 0 spiro atoms. The molecule has 12 heavy (non-hydrogen) atoms. The van der Waals surface area contributed by atoms with Crippen LogP contribution in [0.4, 0.5) is 5.69 Å². The number of nitrogens with zero attached hydrogens (tertiary/aromatic N) is 1. The minimum Gasteiger partial charge on any atom is -0.312 e. The van der Waals surface area contributed by atoms with E-state index in [4.69, 9.17) is 0 Å². The summed E-state index contributed by atoms with van der Waals surface area (Å²) >= 11 is 2.25. The third-order valence-corrected chi connectivity index (χ3v) is 2.71. The summed E-state index contributed by atoms with van der Waals surface area (Å²) in [5.74, 6) is 0.233. The van der Waals surface area contributed by atoms with E-state index in [9.17, 15) is 4.79 Å². The SMILES string of the molecule is O=C1CCN1c1ccc(I)cc1. The zero-order chi connectivity index (χ0) is 8.55. The number of anilines is 1. The molecule has 0 saturated carbocycles. The number of carbonyl (C=O) groups is 1. The molecule has 1 aromatic carbocycles.